The van der Waals surface area contributed by atoms with Gasteiger partial charge in [-0.2, -0.15) is 5.26 Å². The van der Waals surface area contributed by atoms with Crippen molar-refractivity contribution in [3.63, 3.8) is 0 Å². The molecule has 1 aromatic rings. The Morgan fingerprint density at radius 3 is 2.88 bits per heavy atom. The van der Waals surface area contributed by atoms with E-state index in [2.05, 4.69) is 16.5 Å². The molecule has 1 atom stereocenters. The maximum Gasteiger partial charge on any atom is 0.264 e. The third kappa shape index (κ3) is 1.99. The van der Waals surface area contributed by atoms with Crippen LogP contribution in [0.4, 0.5) is 0 Å². The van der Waals surface area contributed by atoms with Crippen molar-refractivity contribution in [3.05, 3.63) is 64.8 Å². The molecule has 1 aromatic heterocycles. The zero-order chi connectivity index (χ0) is 18.6. The first-order valence-corrected chi connectivity index (χ1v) is 7.95. The molecular formula is C17H17N7O2. The summed E-state index contributed by atoms with van der Waals surface area (Å²) < 4.78 is 5.65. The Morgan fingerprint density at radius 1 is 1.46 bits per heavy atom. The van der Waals surface area contributed by atoms with Crippen LogP contribution in [0.5, 0.6) is 0 Å². The van der Waals surface area contributed by atoms with Crippen LogP contribution in [0.2, 0.25) is 0 Å². The molecule has 0 saturated heterocycles. The fraction of sp³-hybridized carbons (Fsp3) is 0.235. The molecule has 3 aliphatic heterocycles. The topological polar surface area (TPSA) is 134 Å². The van der Waals surface area contributed by atoms with Gasteiger partial charge in [-0.1, -0.05) is 6.07 Å². The van der Waals surface area contributed by atoms with Gasteiger partial charge in [-0.3, -0.25) is 25.2 Å². The van der Waals surface area contributed by atoms with E-state index in [1.54, 1.807) is 37.3 Å². The van der Waals surface area contributed by atoms with Gasteiger partial charge >= 0.3 is 0 Å². The van der Waals surface area contributed by atoms with Gasteiger partial charge in [-0.15, -0.1) is 0 Å². The fourth-order valence-electron chi connectivity index (χ4n) is 3.40. The number of ether oxygens (including phenoxy) is 1. The lowest BCUT2D eigenvalue weighted by Crippen LogP contribution is -2.65. The highest BCUT2D eigenvalue weighted by atomic mass is 16.5. The van der Waals surface area contributed by atoms with Gasteiger partial charge in [0, 0.05) is 18.5 Å². The van der Waals surface area contributed by atoms with Gasteiger partial charge in [-0.05, 0) is 25.5 Å². The van der Waals surface area contributed by atoms with Crippen LogP contribution in [0, 0.1) is 11.3 Å². The number of nitriles is 1. The molecule has 4 heterocycles. The Hall–Kier alpha value is -3.51. The lowest BCUT2D eigenvalue weighted by Gasteiger charge is -2.46. The number of allylic oxidation sites excluding steroid dienone is 2. The Balaban J connectivity index is 1.91. The second-order valence-electron chi connectivity index (χ2n) is 6.63. The number of hydrogen-bond acceptors (Lipinski definition) is 8. The van der Waals surface area contributed by atoms with Crippen molar-refractivity contribution in [2.45, 2.75) is 25.4 Å². The average molecular weight is 351 g/mol. The summed E-state index contributed by atoms with van der Waals surface area (Å²) in [5.41, 5.74) is 10.5. The summed E-state index contributed by atoms with van der Waals surface area (Å²) in [6.45, 7) is 3.59. The van der Waals surface area contributed by atoms with E-state index in [4.69, 9.17) is 16.3 Å². The highest BCUT2D eigenvalue weighted by molar-refractivity contribution is 5.90. The zero-order valence-corrected chi connectivity index (χ0v) is 14.2. The number of nitrogens with two attached hydrogens (primary N) is 2. The summed E-state index contributed by atoms with van der Waals surface area (Å²) in [5.74, 6) is 5.47. The van der Waals surface area contributed by atoms with Crippen molar-refractivity contribution in [1.29, 1.82) is 5.26 Å². The van der Waals surface area contributed by atoms with E-state index < -0.39 is 11.6 Å². The summed E-state index contributed by atoms with van der Waals surface area (Å²) in [4.78, 5) is 16.5. The van der Waals surface area contributed by atoms with E-state index in [1.165, 1.54) is 6.08 Å². The molecule has 0 bridgehead atoms. The second kappa shape index (κ2) is 5.24. The third-order valence-corrected chi connectivity index (χ3v) is 4.80. The molecule has 9 nitrogen and oxygen atoms in total. The van der Waals surface area contributed by atoms with Crippen LogP contribution in [0.1, 0.15) is 25.3 Å². The van der Waals surface area contributed by atoms with Gasteiger partial charge in [0.1, 0.15) is 17.3 Å². The molecule has 4 rings (SSSR count). The molecule has 26 heavy (non-hydrogen) atoms. The molecule has 0 spiro atoms. The number of amides is 1. The first-order chi connectivity index (χ1) is 12.4. The minimum absolute atomic E-state index is 0.0155. The van der Waals surface area contributed by atoms with Gasteiger partial charge in [0.25, 0.3) is 5.91 Å². The van der Waals surface area contributed by atoms with Gasteiger partial charge in [0.2, 0.25) is 11.8 Å². The van der Waals surface area contributed by atoms with E-state index in [0.29, 0.717) is 17.2 Å². The van der Waals surface area contributed by atoms with Gasteiger partial charge in [-0.25, -0.2) is 5.84 Å². The van der Waals surface area contributed by atoms with Crippen molar-refractivity contribution >= 4 is 5.91 Å². The summed E-state index contributed by atoms with van der Waals surface area (Å²) in [6.07, 6.45) is 4.73. The zero-order valence-electron chi connectivity index (χ0n) is 14.2. The monoisotopic (exact) mass is 351 g/mol. The summed E-state index contributed by atoms with van der Waals surface area (Å²) >= 11 is 0. The maximum absolute atomic E-state index is 12.4. The van der Waals surface area contributed by atoms with Crippen molar-refractivity contribution in [2.75, 3.05) is 0 Å². The lowest BCUT2D eigenvalue weighted by atomic mass is 9.83. The number of hydrazine groups is 2. The molecule has 5 N–H and O–H groups in total. The standard InChI is InChI=1S/C17H17N7O2/c1-17(2)23(20)12(25)6-11-14-13(9-4-3-5-21-8-9)10(7-18)15(19)26-16(14)22-24(11)17/h3-6,8,13,22H,19-20H2,1-2H3/t13-/m1/s1. The average Bonchev–Trinajstić information content (AvgIpc) is 2.98. The molecule has 0 unspecified atom stereocenters. The maximum atomic E-state index is 12.4. The number of carbonyl (C=O) groups excluding carboxylic acids is 1. The number of fused-ring (bicyclic) bond motifs is 2. The number of rotatable bonds is 1. The molecule has 9 heteroatoms. The van der Waals surface area contributed by atoms with Crippen LogP contribution in [-0.2, 0) is 9.53 Å². The lowest BCUT2D eigenvalue weighted by molar-refractivity contribution is -0.143. The number of aromatic nitrogens is 1. The smallest absolute Gasteiger partial charge is 0.264 e. The van der Waals surface area contributed by atoms with E-state index in [-0.39, 0.29) is 17.4 Å². The minimum Gasteiger partial charge on any atom is -0.422 e. The Bertz CT molecular complexity index is 940. The number of carbonyl (C=O) groups is 1. The van der Waals surface area contributed by atoms with Crippen LogP contribution in [-0.4, -0.2) is 26.6 Å². The normalized spacial score (nSPS) is 23.7. The molecular weight excluding hydrogens is 334 g/mol. The first-order valence-electron chi connectivity index (χ1n) is 7.95. The highest BCUT2D eigenvalue weighted by Crippen LogP contribution is 2.47. The van der Waals surface area contributed by atoms with Crippen LogP contribution < -0.4 is 17.0 Å². The molecule has 3 aliphatic rings. The van der Waals surface area contributed by atoms with Gasteiger partial charge < -0.3 is 10.5 Å². The SMILES string of the molecule is CC1(C)N(N)C(=O)C=C2C3=C(NN21)OC(N)=C(C#N)[C@H]3c1cccnc1. The minimum atomic E-state index is -0.858. The summed E-state index contributed by atoms with van der Waals surface area (Å²) in [5, 5.41) is 12.5. The quantitative estimate of drug-likeness (QED) is 0.484. The Morgan fingerprint density at radius 2 is 2.23 bits per heavy atom. The van der Waals surface area contributed by atoms with Crippen LogP contribution in [0.25, 0.3) is 0 Å². The van der Waals surface area contributed by atoms with E-state index >= 15 is 0 Å². The van der Waals surface area contributed by atoms with Crippen LogP contribution in [0.15, 0.2) is 59.2 Å². The Labute approximate surface area is 149 Å². The molecule has 0 aromatic carbocycles. The second-order valence-corrected chi connectivity index (χ2v) is 6.63. The van der Waals surface area contributed by atoms with Gasteiger partial charge in [0.05, 0.1) is 17.2 Å². The van der Waals surface area contributed by atoms with Crippen molar-refractivity contribution in [2.24, 2.45) is 11.6 Å². The van der Waals surface area contributed by atoms with Crippen LogP contribution in [0.3, 0.4) is 0 Å². The summed E-state index contributed by atoms with van der Waals surface area (Å²) in [7, 11) is 0. The molecule has 1 amide bonds. The predicted molar refractivity (Wildman–Crippen MR) is 90.1 cm³/mol. The molecule has 132 valence electrons. The highest BCUT2D eigenvalue weighted by Gasteiger charge is 2.50. The molecule has 0 fully saturated rings. The van der Waals surface area contributed by atoms with E-state index in [9.17, 15) is 10.1 Å². The predicted octanol–water partition coefficient (Wildman–Crippen LogP) is 0.257. The van der Waals surface area contributed by atoms with Crippen LogP contribution >= 0.6 is 0 Å². The fourth-order valence-corrected chi connectivity index (χ4v) is 3.40. The molecule has 0 aliphatic carbocycles. The number of pyridine rings is 1. The van der Waals surface area contributed by atoms with Crippen molar-refractivity contribution < 1.29 is 9.53 Å². The van der Waals surface area contributed by atoms with E-state index in [1.807, 2.05) is 6.07 Å². The molecule has 0 radical (unpaired) electrons. The van der Waals surface area contributed by atoms with Crippen molar-refractivity contribution in [3.8, 4) is 6.07 Å². The largest absolute Gasteiger partial charge is 0.422 e. The third-order valence-electron chi connectivity index (χ3n) is 4.80. The number of nitrogens with zero attached hydrogens (tertiary/aromatic N) is 4. The number of nitrogens with one attached hydrogen (secondary N) is 1. The molecule has 0 saturated carbocycles. The Kier molecular flexibility index (Phi) is 3.22. The van der Waals surface area contributed by atoms with Gasteiger partial charge in [0.15, 0.2) is 0 Å². The van der Waals surface area contributed by atoms with E-state index in [0.717, 1.165) is 10.6 Å². The number of hydrogen-bond donors (Lipinski definition) is 3. The summed E-state index contributed by atoms with van der Waals surface area (Å²) in [6, 6.07) is 5.76. The van der Waals surface area contributed by atoms with Crippen molar-refractivity contribution in [1.82, 2.24) is 20.4 Å². The first kappa shape index (κ1) is 16.0.